The molecule has 1 aliphatic carbocycles. The largest absolute Gasteiger partial charge is 0.369 e. The highest BCUT2D eigenvalue weighted by molar-refractivity contribution is 6.02. The molecule has 2 aromatic heterocycles. The van der Waals surface area contributed by atoms with Gasteiger partial charge in [-0.1, -0.05) is 6.07 Å². The standard InChI is InChI=1S/C21H25N5O2/c22-20(27)15-5-3-11-26(13-15)19-10-8-16(12-23-19)24-21(28)18-9-7-14-4-1-2-6-17(14)25-18/h7-10,12,15H,1-6,11,13H2,(H2,22,27)(H,24,28). The zero-order valence-electron chi connectivity index (χ0n) is 15.9. The van der Waals surface area contributed by atoms with Crippen LogP contribution in [0, 0.1) is 5.92 Å². The number of amides is 2. The van der Waals surface area contributed by atoms with Crippen molar-refractivity contribution in [1.82, 2.24) is 9.97 Å². The van der Waals surface area contributed by atoms with Gasteiger partial charge >= 0.3 is 0 Å². The zero-order valence-corrected chi connectivity index (χ0v) is 15.9. The average Bonchev–Trinajstić information content (AvgIpc) is 2.74. The van der Waals surface area contributed by atoms with E-state index >= 15 is 0 Å². The first-order valence-corrected chi connectivity index (χ1v) is 9.90. The Morgan fingerprint density at radius 1 is 1.11 bits per heavy atom. The fourth-order valence-electron chi connectivity index (χ4n) is 3.97. The summed E-state index contributed by atoms with van der Waals surface area (Å²) in [5, 5.41) is 2.87. The van der Waals surface area contributed by atoms with Crippen molar-refractivity contribution in [1.29, 1.82) is 0 Å². The van der Waals surface area contributed by atoms with E-state index in [4.69, 9.17) is 5.73 Å². The second-order valence-electron chi connectivity index (χ2n) is 7.56. The van der Waals surface area contributed by atoms with Gasteiger partial charge in [0.15, 0.2) is 0 Å². The van der Waals surface area contributed by atoms with Crippen molar-refractivity contribution in [2.24, 2.45) is 11.7 Å². The highest BCUT2D eigenvalue weighted by atomic mass is 16.2. The Morgan fingerprint density at radius 2 is 1.96 bits per heavy atom. The summed E-state index contributed by atoms with van der Waals surface area (Å²) >= 11 is 0. The van der Waals surface area contributed by atoms with Crippen molar-refractivity contribution < 1.29 is 9.59 Å². The molecular formula is C21H25N5O2. The van der Waals surface area contributed by atoms with Crippen LogP contribution in [0.15, 0.2) is 30.5 Å². The molecule has 28 heavy (non-hydrogen) atoms. The molecule has 0 bridgehead atoms. The van der Waals surface area contributed by atoms with Gasteiger partial charge in [-0.2, -0.15) is 0 Å². The molecule has 2 aliphatic rings. The van der Waals surface area contributed by atoms with E-state index in [1.54, 1.807) is 12.3 Å². The van der Waals surface area contributed by atoms with Crippen molar-refractivity contribution in [3.05, 3.63) is 47.4 Å². The molecule has 1 saturated heterocycles. The molecule has 0 saturated carbocycles. The number of aryl methyl sites for hydroxylation is 2. The number of aromatic nitrogens is 2. The first-order chi connectivity index (χ1) is 13.6. The summed E-state index contributed by atoms with van der Waals surface area (Å²) in [6.07, 6.45) is 7.68. The lowest BCUT2D eigenvalue weighted by Crippen LogP contribution is -2.41. The van der Waals surface area contributed by atoms with E-state index in [1.807, 2.05) is 18.2 Å². The average molecular weight is 379 g/mol. The molecule has 3 N–H and O–H groups in total. The Kier molecular flexibility index (Phi) is 5.23. The number of anilines is 2. The molecule has 2 aromatic rings. The number of piperidine rings is 1. The number of nitrogens with zero attached hydrogens (tertiary/aromatic N) is 3. The number of nitrogens with one attached hydrogen (secondary N) is 1. The number of carbonyl (C=O) groups is 2. The van der Waals surface area contributed by atoms with E-state index in [0.29, 0.717) is 17.9 Å². The topological polar surface area (TPSA) is 101 Å². The minimum atomic E-state index is -0.258. The Balaban J connectivity index is 1.41. The predicted molar refractivity (Wildman–Crippen MR) is 107 cm³/mol. The molecule has 146 valence electrons. The maximum absolute atomic E-state index is 12.5. The highest BCUT2D eigenvalue weighted by Crippen LogP contribution is 2.23. The van der Waals surface area contributed by atoms with Crippen molar-refractivity contribution in [3.63, 3.8) is 0 Å². The molecule has 2 amide bonds. The van der Waals surface area contributed by atoms with Crippen LogP contribution in [-0.2, 0) is 17.6 Å². The fourth-order valence-corrected chi connectivity index (χ4v) is 3.97. The summed E-state index contributed by atoms with van der Waals surface area (Å²) in [5.41, 5.74) is 8.80. The van der Waals surface area contributed by atoms with Crippen LogP contribution in [0.25, 0.3) is 0 Å². The third-order valence-electron chi connectivity index (χ3n) is 5.56. The van der Waals surface area contributed by atoms with Crippen LogP contribution in [0.4, 0.5) is 11.5 Å². The maximum Gasteiger partial charge on any atom is 0.274 e. The van der Waals surface area contributed by atoms with Crippen LogP contribution in [-0.4, -0.2) is 34.9 Å². The van der Waals surface area contributed by atoms with Gasteiger partial charge in [0.05, 0.1) is 17.8 Å². The number of hydrogen-bond donors (Lipinski definition) is 2. The SMILES string of the molecule is NC(=O)C1CCCN(c2ccc(NC(=O)c3ccc4c(n3)CCCC4)cn2)C1. The van der Waals surface area contributed by atoms with Gasteiger partial charge in [0.25, 0.3) is 5.91 Å². The predicted octanol–water partition coefficient (Wildman–Crippen LogP) is 2.31. The second kappa shape index (κ2) is 7.96. The van der Waals surface area contributed by atoms with E-state index < -0.39 is 0 Å². The van der Waals surface area contributed by atoms with Crippen molar-refractivity contribution in [2.45, 2.75) is 38.5 Å². The lowest BCUT2D eigenvalue weighted by Gasteiger charge is -2.32. The van der Waals surface area contributed by atoms with Gasteiger partial charge in [0, 0.05) is 18.8 Å². The van der Waals surface area contributed by atoms with Gasteiger partial charge in [-0.25, -0.2) is 9.97 Å². The summed E-state index contributed by atoms with van der Waals surface area (Å²) in [4.78, 5) is 35.1. The molecule has 1 atom stereocenters. The number of nitrogens with two attached hydrogens (primary N) is 1. The van der Waals surface area contributed by atoms with E-state index in [2.05, 4.69) is 20.2 Å². The molecule has 7 heteroatoms. The third kappa shape index (κ3) is 3.98. The van der Waals surface area contributed by atoms with E-state index in [9.17, 15) is 9.59 Å². The summed E-state index contributed by atoms with van der Waals surface area (Å²) in [6.45, 7) is 1.44. The summed E-state index contributed by atoms with van der Waals surface area (Å²) in [7, 11) is 0. The molecule has 1 aliphatic heterocycles. The van der Waals surface area contributed by atoms with Crippen LogP contribution >= 0.6 is 0 Å². The second-order valence-corrected chi connectivity index (χ2v) is 7.56. The van der Waals surface area contributed by atoms with Gasteiger partial charge < -0.3 is 16.0 Å². The van der Waals surface area contributed by atoms with E-state index in [0.717, 1.165) is 50.2 Å². The Labute approximate surface area is 164 Å². The first-order valence-electron chi connectivity index (χ1n) is 9.90. The number of primary amides is 1. The Hall–Kier alpha value is -2.96. The molecule has 0 radical (unpaired) electrons. The first kappa shape index (κ1) is 18.4. The quantitative estimate of drug-likeness (QED) is 0.849. The number of pyridine rings is 2. The Bertz CT molecular complexity index is 881. The number of hydrogen-bond acceptors (Lipinski definition) is 5. The number of rotatable bonds is 4. The van der Waals surface area contributed by atoms with Crippen LogP contribution in [0.5, 0.6) is 0 Å². The van der Waals surface area contributed by atoms with Crippen LogP contribution in [0.1, 0.15) is 47.4 Å². The Morgan fingerprint density at radius 3 is 2.75 bits per heavy atom. The normalized spacial score (nSPS) is 19.0. The smallest absolute Gasteiger partial charge is 0.274 e. The molecular weight excluding hydrogens is 354 g/mol. The molecule has 1 unspecified atom stereocenters. The molecule has 7 nitrogen and oxygen atoms in total. The summed E-state index contributed by atoms with van der Waals surface area (Å²) < 4.78 is 0. The molecule has 3 heterocycles. The van der Waals surface area contributed by atoms with E-state index in [1.165, 1.54) is 12.0 Å². The van der Waals surface area contributed by atoms with Crippen molar-refractivity contribution >= 4 is 23.3 Å². The van der Waals surface area contributed by atoms with Gasteiger partial charge in [-0.05, 0) is 62.3 Å². The minimum Gasteiger partial charge on any atom is -0.369 e. The van der Waals surface area contributed by atoms with E-state index in [-0.39, 0.29) is 17.7 Å². The van der Waals surface area contributed by atoms with Gasteiger partial charge in [-0.15, -0.1) is 0 Å². The zero-order chi connectivity index (χ0) is 19.5. The molecule has 0 spiro atoms. The minimum absolute atomic E-state index is 0.134. The molecule has 4 rings (SSSR count). The summed E-state index contributed by atoms with van der Waals surface area (Å²) in [5.74, 6) is 0.168. The number of fused-ring (bicyclic) bond motifs is 1. The van der Waals surface area contributed by atoms with Gasteiger partial charge in [0.1, 0.15) is 11.5 Å². The van der Waals surface area contributed by atoms with Crippen LogP contribution in [0.2, 0.25) is 0 Å². The maximum atomic E-state index is 12.5. The fraction of sp³-hybridized carbons (Fsp3) is 0.429. The van der Waals surface area contributed by atoms with Crippen LogP contribution in [0.3, 0.4) is 0 Å². The summed E-state index contributed by atoms with van der Waals surface area (Å²) in [6, 6.07) is 7.49. The van der Waals surface area contributed by atoms with Gasteiger partial charge in [-0.3, -0.25) is 9.59 Å². The van der Waals surface area contributed by atoms with Crippen molar-refractivity contribution in [2.75, 3.05) is 23.3 Å². The molecule has 0 aromatic carbocycles. The third-order valence-corrected chi connectivity index (χ3v) is 5.56. The lowest BCUT2D eigenvalue weighted by atomic mass is 9.96. The molecule has 1 fully saturated rings. The lowest BCUT2D eigenvalue weighted by molar-refractivity contribution is -0.122. The van der Waals surface area contributed by atoms with Gasteiger partial charge in [0.2, 0.25) is 5.91 Å². The number of carbonyl (C=O) groups excluding carboxylic acids is 2. The van der Waals surface area contributed by atoms with Crippen molar-refractivity contribution in [3.8, 4) is 0 Å². The highest BCUT2D eigenvalue weighted by Gasteiger charge is 2.24. The monoisotopic (exact) mass is 379 g/mol. The van der Waals surface area contributed by atoms with Crippen LogP contribution < -0.4 is 16.0 Å².